The van der Waals surface area contributed by atoms with Crippen molar-refractivity contribution in [2.24, 2.45) is 0 Å². The highest BCUT2D eigenvalue weighted by atomic mass is 15.2. The predicted molar refractivity (Wildman–Crippen MR) is 64.8 cm³/mol. The first-order valence-corrected chi connectivity index (χ1v) is 6.15. The molecule has 1 aliphatic carbocycles. The molecule has 3 nitrogen and oxygen atoms in total. The highest BCUT2D eigenvalue weighted by molar-refractivity contribution is 5.93. The summed E-state index contributed by atoms with van der Waals surface area (Å²) in [5, 5.41) is 1.37. The Bertz CT molecular complexity index is 539. The molecule has 1 N–H and O–H groups in total. The van der Waals surface area contributed by atoms with Gasteiger partial charge in [-0.2, -0.15) is 0 Å². The van der Waals surface area contributed by atoms with Gasteiger partial charge in [-0.1, -0.05) is 0 Å². The monoisotopic (exact) mass is 213 g/mol. The molecule has 0 saturated heterocycles. The number of hydrogen-bond donors (Lipinski definition) is 1. The molecule has 16 heavy (non-hydrogen) atoms. The molecule has 4 rings (SSSR count). The van der Waals surface area contributed by atoms with Crippen LogP contribution in [-0.2, 0) is 6.42 Å². The summed E-state index contributed by atoms with van der Waals surface area (Å²) in [5.41, 5.74) is 2.69. The quantitative estimate of drug-likeness (QED) is 0.789. The number of aryl methyl sites for hydroxylation is 1. The summed E-state index contributed by atoms with van der Waals surface area (Å²) in [5.74, 6) is 1.22. The summed E-state index contributed by atoms with van der Waals surface area (Å²) in [6.45, 7) is 1.17. The molecular formula is C13H15N3. The van der Waals surface area contributed by atoms with Crippen molar-refractivity contribution < 1.29 is 0 Å². The lowest BCUT2D eigenvalue weighted by Gasteiger charge is -2.22. The largest absolute Gasteiger partial charge is 0.361 e. The van der Waals surface area contributed by atoms with E-state index in [1.165, 1.54) is 54.5 Å². The van der Waals surface area contributed by atoms with Crippen LogP contribution in [0.4, 0.5) is 5.82 Å². The van der Waals surface area contributed by atoms with Crippen LogP contribution in [0.15, 0.2) is 18.5 Å². The number of aromatic amines is 1. The van der Waals surface area contributed by atoms with E-state index in [1.54, 1.807) is 0 Å². The van der Waals surface area contributed by atoms with Crippen LogP contribution < -0.4 is 4.90 Å². The number of nitrogens with zero attached hydrogens (tertiary/aromatic N) is 2. The van der Waals surface area contributed by atoms with Gasteiger partial charge in [-0.25, -0.2) is 4.98 Å². The van der Waals surface area contributed by atoms with E-state index in [2.05, 4.69) is 27.1 Å². The van der Waals surface area contributed by atoms with Gasteiger partial charge in [0.25, 0.3) is 0 Å². The van der Waals surface area contributed by atoms with Gasteiger partial charge in [0.05, 0.1) is 5.52 Å². The lowest BCUT2D eigenvalue weighted by molar-refractivity contribution is 0.730. The topological polar surface area (TPSA) is 31.9 Å². The third kappa shape index (κ3) is 1.11. The van der Waals surface area contributed by atoms with Gasteiger partial charge in [-0.15, -0.1) is 0 Å². The fourth-order valence-corrected chi connectivity index (χ4v) is 2.83. The summed E-state index contributed by atoms with van der Waals surface area (Å²) in [6, 6.07) is 2.84. The first-order chi connectivity index (χ1) is 7.93. The number of aromatic nitrogens is 2. The van der Waals surface area contributed by atoms with Gasteiger partial charge < -0.3 is 9.88 Å². The van der Waals surface area contributed by atoms with Crippen LogP contribution in [0.1, 0.15) is 24.8 Å². The van der Waals surface area contributed by atoms with Crippen molar-refractivity contribution in [3.63, 3.8) is 0 Å². The van der Waals surface area contributed by atoms with Gasteiger partial charge in [-0.05, 0) is 37.3 Å². The fraction of sp³-hybridized carbons (Fsp3) is 0.462. The van der Waals surface area contributed by atoms with Crippen LogP contribution in [0.25, 0.3) is 10.9 Å². The van der Waals surface area contributed by atoms with Crippen molar-refractivity contribution in [3.05, 3.63) is 24.0 Å². The Hall–Kier alpha value is -1.51. The Morgan fingerprint density at radius 2 is 2.31 bits per heavy atom. The molecule has 1 fully saturated rings. The van der Waals surface area contributed by atoms with Crippen LogP contribution in [0.2, 0.25) is 0 Å². The van der Waals surface area contributed by atoms with Crippen LogP contribution in [0.3, 0.4) is 0 Å². The van der Waals surface area contributed by atoms with E-state index >= 15 is 0 Å². The van der Waals surface area contributed by atoms with Gasteiger partial charge in [0, 0.05) is 30.4 Å². The first kappa shape index (κ1) is 8.62. The molecule has 2 aromatic heterocycles. The van der Waals surface area contributed by atoms with Gasteiger partial charge >= 0.3 is 0 Å². The average molecular weight is 213 g/mol. The Labute approximate surface area is 94.5 Å². The molecule has 1 aliphatic heterocycles. The smallest absolute Gasteiger partial charge is 0.138 e. The molecule has 82 valence electrons. The van der Waals surface area contributed by atoms with Gasteiger partial charge in [-0.3, -0.25) is 0 Å². The fourth-order valence-electron chi connectivity index (χ4n) is 2.83. The maximum absolute atomic E-state index is 4.62. The second-order valence-electron chi connectivity index (χ2n) is 4.90. The van der Waals surface area contributed by atoms with E-state index in [9.17, 15) is 0 Å². The van der Waals surface area contributed by atoms with Crippen LogP contribution >= 0.6 is 0 Å². The van der Waals surface area contributed by atoms with Crippen molar-refractivity contribution in [2.75, 3.05) is 11.4 Å². The summed E-state index contributed by atoms with van der Waals surface area (Å²) in [4.78, 5) is 10.5. The van der Waals surface area contributed by atoms with E-state index in [0.29, 0.717) is 0 Å². The SMILES string of the molecule is c1cc2[nH]cc3c2c(n1)N(C1CC1)CCC3. The van der Waals surface area contributed by atoms with Crippen molar-refractivity contribution in [1.29, 1.82) is 0 Å². The van der Waals surface area contributed by atoms with Crippen molar-refractivity contribution >= 4 is 16.7 Å². The third-order valence-electron chi connectivity index (χ3n) is 3.76. The van der Waals surface area contributed by atoms with Crippen LogP contribution in [0, 0.1) is 0 Å². The summed E-state index contributed by atoms with van der Waals surface area (Å²) < 4.78 is 0. The molecule has 3 heterocycles. The average Bonchev–Trinajstić information content (AvgIpc) is 3.06. The molecule has 0 spiro atoms. The molecule has 0 bridgehead atoms. The number of hydrogen-bond acceptors (Lipinski definition) is 2. The number of rotatable bonds is 1. The van der Waals surface area contributed by atoms with Crippen molar-refractivity contribution in [3.8, 4) is 0 Å². The second kappa shape index (κ2) is 3.00. The summed E-state index contributed by atoms with van der Waals surface area (Å²) in [6.07, 6.45) is 9.21. The number of pyridine rings is 1. The summed E-state index contributed by atoms with van der Waals surface area (Å²) >= 11 is 0. The highest BCUT2D eigenvalue weighted by Crippen LogP contribution is 2.37. The van der Waals surface area contributed by atoms with E-state index in [4.69, 9.17) is 0 Å². The maximum atomic E-state index is 4.62. The molecular weight excluding hydrogens is 198 g/mol. The minimum absolute atomic E-state index is 0.763. The molecule has 0 atom stereocenters. The minimum Gasteiger partial charge on any atom is -0.361 e. The molecule has 2 aromatic rings. The molecule has 0 amide bonds. The molecule has 0 radical (unpaired) electrons. The molecule has 1 saturated carbocycles. The second-order valence-corrected chi connectivity index (χ2v) is 4.90. The van der Waals surface area contributed by atoms with Crippen LogP contribution in [-0.4, -0.2) is 22.6 Å². The van der Waals surface area contributed by atoms with Gasteiger partial charge in [0.1, 0.15) is 5.82 Å². The predicted octanol–water partition coefficient (Wildman–Crippen LogP) is 2.48. The number of nitrogens with one attached hydrogen (secondary N) is 1. The van der Waals surface area contributed by atoms with Crippen LogP contribution in [0.5, 0.6) is 0 Å². The first-order valence-electron chi connectivity index (χ1n) is 6.15. The molecule has 3 heteroatoms. The van der Waals surface area contributed by atoms with Gasteiger partial charge in [0.2, 0.25) is 0 Å². The van der Waals surface area contributed by atoms with E-state index in [-0.39, 0.29) is 0 Å². The van der Waals surface area contributed by atoms with E-state index in [0.717, 1.165) is 6.04 Å². The summed E-state index contributed by atoms with van der Waals surface area (Å²) in [7, 11) is 0. The number of H-pyrrole nitrogens is 1. The Morgan fingerprint density at radius 1 is 1.38 bits per heavy atom. The normalized spacial score (nSPS) is 20.1. The molecule has 0 aromatic carbocycles. The number of anilines is 1. The standard InChI is InChI=1S/C13H15N3/c1-2-9-8-15-11-5-6-14-13(12(9)11)16(7-1)10-3-4-10/h5-6,8,10,15H,1-4,7H2. The third-order valence-corrected chi connectivity index (χ3v) is 3.76. The van der Waals surface area contributed by atoms with Gasteiger partial charge in [0.15, 0.2) is 0 Å². The maximum Gasteiger partial charge on any atom is 0.138 e. The van der Waals surface area contributed by atoms with Crippen molar-refractivity contribution in [2.45, 2.75) is 31.7 Å². The zero-order valence-corrected chi connectivity index (χ0v) is 9.24. The Balaban J connectivity index is 1.99. The lowest BCUT2D eigenvalue weighted by Crippen LogP contribution is -2.27. The van der Waals surface area contributed by atoms with Crippen molar-refractivity contribution in [1.82, 2.24) is 9.97 Å². The molecule has 2 aliphatic rings. The van der Waals surface area contributed by atoms with E-state index < -0.39 is 0 Å². The van der Waals surface area contributed by atoms with E-state index in [1.807, 2.05) is 6.20 Å². The Morgan fingerprint density at radius 3 is 3.19 bits per heavy atom. The lowest BCUT2D eigenvalue weighted by atomic mass is 10.1. The highest BCUT2D eigenvalue weighted by Gasteiger charge is 2.32. The minimum atomic E-state index is 0.763. The zero-order valence-electron chi connectivity index (χ0n) is 9.24. The zero-order chi connectivity index (χ0) is 10.5. The Kier molecular flexibility index (Phi) is 1.62. The molecule has 0 unspecified atom stereocenters.